The summed E-state index contributed by atoms with van der Waals surface area (Å²) in [5.74, 6) is 0. The van der Waals surface area contributed by atoms with E-state index in [4.69, 9.17) is 0 Å². The van der Waals surface area contributed by atoms with Crippen LogP contribution in [-0.4, -0.2) is 0 Å². The van der Waals surface area contributed by atoms with Gasteiger partial charge in [-0.25, -0.2) is 0 Å². The normalized spacial score (nSPS) is 11.3. The van der Waals surface area contributed by atoms with Gasteiger partial charge in [0.15, 0.2) is 0 Å². The number of thiophene rings is 1. The van der Waals surface area contributed by atoms with E-state index in [0.717, 1.165) is 8.95 Å². The molecule has 1 aromatic heterocycles. The molecule has 0 atom stereocenters. The lowest BCUT2D eigenvalue weighted by Gasteiger charge is -2.09. The van der Waals surface area contributed by atoms with Gasteiger partial charge in [0.2, 0.25) is 0 Å². The number of benzene rings is 3. The van der Waals surface area contributed by atoms with Gasteiger partial charge in [-0.3, -0.25) is 0 Å². The summed E-state index contributed by atoms with van der Waals surface area (Å²) < 4.78 is 2.18. The molecule has 0 aliphatic rings. The van der Waals surface area contributed by atoms with E-state index < -0.39 is 0 Å². The molecule has 27 heavy (non-hydrogen) atoms. The fourth-order valence-electron chi connectivity index (χ4n) is 3.85. The van der Waals surface area contributed by atoms with Crippen molar-refractivity contribution in [1.82, 2.24) is 0 Å². The molecule has 0 N–H and O–H groups in total. The van der Waals surface area contributed by atoms with Crippen molar-refractivity contribution in [3.63, 3.8) is 0 Å². The zero-order valence-electron chi connectivity index (χ0n) is 15.8. The van der Waals surface area contributed by atoms with E-state index >= 15 is 0 Å². The SMILES string of the molecule is Cc1cccc(C)c1-c1sc(-c2c(C)cccc2C)c2cc(Br)c(Br)cc12. The Labute approximate surface area is 181 Å². The fourth-order valence-corrected chi connectivity index (χ4v) is 6.15. The van der Waals surface area contributed by atoms with Crippen LogP contribution in [0.25, 0.3) is 31.7 Å². The maximum atomic E-state index is 3.71. The van der Waals surface area contributed by atoms with Gasteiger partial charge in [-0.05, 0) is 105 Å². The van der Waals surface area contributed by atoms with E-state index in [9.17, 15) is 0 Å². The summed E-state index contributed by atoms with van der Waals surface area (Å²) >= 11 is 9.34. The standard InChI is InChI=1S/C24H20Br2S/c1-13-7-5-8-14(2)21(13)23-17-11-19(25)20(26)12-18(17)24(27-23)22-15(3)9-6-10-16(22)4/h5-12H,1-4H3. The van der Waals surface area contributed by atoms with Crippen LogP contribution in [0.1, 0.15) is 22.3 Å². The first-order valence-corrected chi connectivity index (χ1v) is 11.3. The zero-order valence-corrected chi connectivity index (χ0v) is 19.8. The van der Waals surface area contributed by atoms with Gasteiger partial charge >= 0.3 is 0 Å². The summed E-state index contributed by atoms with van der Waals surface area (Å²) in [5.41, 5.74) is 8.02. The van der Waals surface area contributed by atoms with E-state index in [1.807, 2.05) is 11.3 Å². The number of hydrogen-bond acceptors (Lipinski definition) is 1. The molecule has 3 heteroatoms. The minimum absolute atomic E-state index is 1.09. The second kappa shape index (κ2) is 7.20. The monoisotopic (exact) mass is 498 g/mol. The topological polar surface area (TPSA) is 0 Å². The third-order valence-electron chi connectivity index (χ3n) is 5.17. The quantitative estimate of drug-likeness (QED) is 0.258. The lowest BCUT2D eigenvalue weighted by molar-refractivity contribution is 1.40. The van der Waals surface area contributed by atoms with Gasteiger partial charge in [0, 0.05) is 29.5 Å². The number of hydrogen-bond donors (Lipinski definition) is 0. The van der Waals surface area contributed by atoms with Crippen molar-refractivity contribution < 1.29 is 0 Å². The highest BCUT2D eigenvalue weighted by molar-refractivity contribution is 9.13. The smallest absolute Gasteiger partial charge is 0.0433 e. The molecule has 0 saturated heterocycles. The molecule has 3 aromatic carbocycles. The highest BCUT2D eigenvalue weighted by Crippen LogP contribution is 2.49. The third kappa shape index (κ3) is 3.20. The molecular formula is C24H20Br2S. The summed E-state index contributed by atoms with van der Waals surface area (Å²) in [6.07, 6.45) is 0. The number of fused-ring (bicyclic) bond motifs is 1. The summed E-state index contributed by atoms with van der Waals surface area (Å²) in [6, 6.07) is 17.6. The van der Waals surface area contributed by atoms with Crippen molar-refractivity contribution in [3.05, 3.63) is 79.7 Å². The fraction of sp³-hybridized carbons (Fsp3) is 0.167. The second-order valence-electron chi connectivity index (χ2n) is 7.11. The van der Waals surface area contributed by atoms with Gasteiger partial charge in [-0.1, -0.05) is 36.4 Å². The molecule has 0 radical (unpaired) electrons. The first kappa shape index (κ1) is 18.9. The average Bonchev–Trinajstić information content (AvgIpc) is 2.93. The van der Waals surface area contributed by atoms with Crippen LogP contribution in [0, 0.1) is 27.7 Å². The van der Waals surface area contributed by atoms with Gasteiger partial charge in [0.05, 0.1) is 0 Å². The number of aryl methyl sites for hydroxylation is 4. The summed E-state index contributed by atoms with van der Waals surface area (Å²) in [7, 11) is 0. The largest absolute Gasteiger partial charge is 0.134 e. The van der Waals surface area contributed by atoms with Crippen LogP contribution in [0.3, 0.4) is 0 Å². The Morgan fingerprint density at radius 3 is 1.26 bits per heavy atom. The number of halogens is 2. The van der Waals surface area contributed by atoms with Gasteiger partial charge in [-0.2, -0.15) is 0 Å². The molecule has 0 bridgehead atoms. The Morgan fingerprint density at radius 2 is 0.926 bits per heavy atom. The molecule has 0 aliphatic heterocycles. The molecule has 0 fully saturated rings. The molecule has 0 saturated carbocycles. The van der Waals surface area contributed by atoms with Crippen LogP contribution >= 0.6 is 43.2 Å². The van der Waals surface area contributed by atoms with E-state index in [1.165, 1.54) is 53.9 Å². The van der Waals surface area contributed by atoms with Gasteiger partial charge < -0.3 is 0 Å². The van der Waals surface area contributed by atoms with Crippen molar-refractivity contribution in [2.75, 3.05) is 0 Å². The maximum Gasteiger partial charge on any atom is 0.0433 e. The Bertz CT molecular complexity index is 1050. The van der Waals surface area contributed by atoms with E-state index in [0.29, 0.717) is 0 Å². The highest BCUT2D eigenvalue weighted by Gasteiger charge is 2.20. The molecule has 4 aromatic rings. The van der Waals surface area contributed by atoms with Gasteiger partial charge in [-0.15, -0.1) is 11.3 Å². The lowest BCUT2D eigenvalue weighted by atomic mass is 9.96. The van der Waals surface area contributed by atoms with Gasteiger partial charge in [0.25, 0.3) is 0 Å². The molecule has 136 valence electrons. The zero-order chi connectivity index (χ0) is 19.3. The van der Waals surface area contributed by atoms with Crippen LogP contribution in [-0.2, 0) is 0 Å². The van der Waals surface area contributed by atoms with Crippen molar-refractivity contribution >= 4 is 54.0 Å². The molecule has 0 amide bonds. The molecule has 0 unspecified atom stereocenters. The maximum absolute atomic E-state index is 3.71. The second-order valence-corrected chi connectivity index (χ2v) is 9.84. The summed E-state index contributed by atoms with van der Waals surface area (Å²) in [6.45, 7) is 8.84. The third-order valence-corrected chi connectivity index (χ3v) is 8.27. The van der Waals surface area contributed by atoms with Crippen molar-refractivity contribution in [1.29, 1.82) is 0 Å². The van der Waals surface area contributed by atoms with Gasteiger partial charge in [0.1, 0.15) is 0 Å². The molecule has 4 rings (SSSR count). The minimum Gasteiger partial charge on any atom is -0.134 e. The Kier molecular flexibility index (Phi) is 5.04. The first-order valence-electron chi connectivity index (χ1n) is 8.93. The van der Waals surface area contributed by atoms with Crippen molar-refractivity contribution in [2.45, 2.75) is 27.7 Å². The average molecular weight is 500 g/mol. The van der Waals surface area contributed by atoms with Crippen LogP contribution in [0.15, 0.2) is 57.5 Å². The Balaban J connectivity index is 2.15. The first-order chi connectivity index (χ1) is 12.9. The Morgan fingerprint density at radius 1 is 0.593 bits per heavy atom. The predicted molar refractivity (Wildman–Crippen MR) is 127 cm³/mol. The van der Waals surface area contributed by atoms with E-state index in [1.54, 1.807) is 0 Å². The number of rotatable bonds is 2. The predicted octanol–water partition coefficient (Wildman–Crippen LogP) is 8.99. The van der Waals surface area contributed by atoms with Crippen LogP contribution in [0.5, 0.6) is 0 Å². The summed E-state index contributed by atoms with van der Waals surface area (Å²) in [5, 5.41) is 2.62. The van der Waals surface area contributed by atoms with E-state index in [-0.39, 0.29) is 0 Å². The lowest BCUT2D eigenvalue weighted by Crippen LogP contribution is -1.85. The van der Waals surface area contributed by atoms with Crippen LogP contribution in [0.4, 0.5) is 0 Å². The summed E-state index contributed by atoms with van der Waals surface area (Å²) in [4.78, 5) is 2.71. The molecule has 1 heterocycles. The van der Waals surface area contributed by atoms with Crippen molar-refractivity contribution in [2.24, 2.45) is 0 Å². The Hall–Kier alpha value is -1.42. The van der Waals surface area contributed by atoms with Crippen molar-refractivity contribution in [3.8, 4) is 20.9 Å². The van der Waals surface area contributed by atoms with Crippen LogP contribution in [0.2, 0.25) is 0 Å². The molecule has 0 aliphatic carbocycles. The molecule has 0 spiro atoms. The van der Waals surface area contributed by atoms with E-state index in [2.05, 4.69) is 108 Å². The molecule has 0 nitrogen and oxygen atoms in total. The van der Waals surface area contributed by atoms with Crippen LogP contribution < -0.4 is 0 Å². The minimum atomic E-state index is 1.09. The molecular weight excluding hydrogens is 480 g/mol. The highest BCUT2D eigenvalue weighted by atomic mass is 79.9.